The monoisotopic (exact) mass is 351 g/mol. The highest BCUT2D eigenvalue weighted by Gasteiger charge is 2.22. The molecule has 0 saturated carbocycles. The van der Waals surface area contributed by atoms with Gasteiger partial charge in [0.2, 0.25) is 11.8 Å². The molecule has 0 aliphatic rings. The Hall–Kier alpha value is -3.66. The van der Waals surface area contributed by atoms with Crippen LogP contribution in [0.1, 0.15) is 22.8 Å². The predicted octanol–water partition coefficient (Wildman–Crippen LogP) is 2.34. The SMILES string of the molecule is COC(=O)c1ccccc1N(CC(=O)Nc1cccc(C#N)c1)C(C)=O. The molecule has 0 aromatic heterocycles. The number of nitriles is 1. The first-order valence-corrected chi connectivity index (χ1v) is 7.71. The second kappa shape index (κ2) is 8.44. The number of hydrogen-bond acceptors (Lipinski definition) is 5. The molecule has 0 spiro atoms. The highest BCUT2D eigenvalue weighted by Crippen LogP contribution is 2.21. The average molecular weight is 351 g/mol. The van der Waals surface area contributed by atoms with Crippen LogP contribution in [0.5, 0.6) is 0 Å². The van der Waals surface area contributed by atoms with Gasteiger partial charge in [0.15, 0.2) is 0 Å². The maximum atomic E-state index is 12.3. The van der Waals surface area contributed by atoms with Crippen molar-refractivity contribution in [3.8, 4) is 6.07 Å². The first-order chi connectivity index (χ1) is 12.5. The first-order valence-electron chi connectivity index (χ1n) is 7.71. The number of carbonyl (C=O) groups is 3. The summed E-state index contributed by atoms with van der Waals surface area (Å²) >= 11 is 0. The van der Waals surface area contributed by atoms with E-state index in [1.54, 1.807) is 36.4 Å². The third-order valence-corrected chi connectivity index (χ3v) is 3.56. The van der Waals surface area contributed by atoms with E-state index in [1.165, 1.54) is 31.1 Å². The molecule has 2 amide bonds. The van der Waals surface area contributed by atoms with E-state index in [4.69, 9.17) is 10.00 Å². The number of nitrogens with one attached hydrogen (secondary N) is 1. The largest absolute Gasteiger partial charge is 0.465 e. The van der Waals surface area contributed by atoms with Gasteiger partial charge in [-0.15, -0.1) is 0 Å². The molecular weight excluding hydrogens is 334 g/mol. The Morgan fingerprint density at radius 1 is 1.15 bits per heavy atom. The lowest BCUT2D eigenvalue weighted by atomic mass is 10.1. The minimum Gasteiger partial charge on any atom is -0.465 e. The van der Waals surface area contributed by atoms with Crippen molar-refractivity contribution >= 4 is 29.2 Å². The summed E-state index contributed by atoms with van der Waals surface area (Å²) in [7, 11) is 1.24. The summed E-state index contributed by atoms with van der Waals surface area (Å²) in [6.45, 7) is 1.01. The summed E-state index contributed by atoms with van der Waals surface area (Å²) in [5.41, 5.74) is 1.32. The quantitative estimate of drug-likeness (QED) is 0.834. The van der Waals surface area contributed by atoms with Crippen LogP contribution in [-0.4, -0.2) is 31.4 Å². The zero-order valence-corrected chi connectivity index (χ0v) is 14.4. The number of anilines is 2. The minimum absolute atomic E-state index is 0.185. The van der Waals surface area contributed by atoms with Crippen LogP contribution in [0, 0.1) is 11.3 Å². The zero-order chi connectivity index (χ0) is 19.1. The fourth-order valence-corrected chi connectivity index (χ4v) is 2.37. The maximum Gasteiger partial charge on any atom is 0.339 e. The van der Waals surface area contributed by atoms with Crippen molar-refractivity contribution in [2.24, 2.45) is 0 Å². The molecule has 0 bridgehead atoms. The Bertz CT molecular complexity index is 886. The van der Waals surface area contributed by atoms with Gasteiger partial charge in [0.05, 0.1) is 30.0 Å². The fourth-order valence-electron chi connectivity index (χ4n) is 2.37. The highest BCUT2D eigenvalue weighted by molar-refractivity contribution is 6.06. The van der Waals surface area contributed by atoms with Crippen molar-refractivity contribution in [1.29, 1.82) is 5.26 Å². The van der Waals surface area contributed by atoms with Crippen LogP contribution in [0.4, 0.5) is 11.4 Å². The Labute approximate surface area is 150 Å². The van der Waals surface area contributed by atoms with E-state index in [1.807, 2.05) is 6.07 Å². The molecule has 132 valence electrons. The molecule has 2 aromatic carbocycles. The molecule has 0 saturated heterocycles. The Balaban J connectivity index is 2.24. The van der Waals surface area contributed by atoms with Crippen molar-refractivity contribution in [3.63, 3.8) is 0 Å². The van der Waals surface area contributed by atoms with Crippen molar-refractivity contribution in [1.82, 2.24) is 0 Å². The lowest BCUT2D eigenvalue weighted by Gasteiger charge is -2.22. The van der Waals surface area contributed by atoms with Crippen molar-refractivity contribution in [2.45, 2.75) is 6.92 Å². The number of esters is 1. The number of nitrogens with zero attached hydrogens (tertiary/aromatic N) is 2. The molecule has 26 heavy (non-hydrogen) atoms. The van der Waals surface area contributed by atoms with Crippen molar-refractivity contribution in [2.75, 3.05) is 23.9 Å². The van der Waals surface area contributed by atoms with Gasteiger partial charge in [-0.1, -0.05) is 18.2 Å². The van der Waals surface area contributed by atoms with E-state index in [0.29, 0.717) is 11.3 Å². The summed E-state index contributed by atoms with van der Waals surface area (Å²) in [6.07, 6.45) is 0. The maximum absolute atomic E-state index is 12.3. The van der Waals surface area contributed by atoms with Crippen LogP contribution in [0.2, 0.25) is 0 Å². The third-order valence-electron chi connectivity index (χ3n) is 3.56. The minimum atomic E-state index is -0.603. The summed E-state index contributed by atoms with van der Waals surface area (Å²) in [6, 6.07) is 14.8. The molecule has 0 radical (unpaired) electrons. The molecule has 2 rings (SSSR count). The lowest BCUT2D eigenvalue weighted by Crippen LogP contribution is -2.37. The van der Waals surface area contributed by atoms with Gasteiger partial charge in [0.1, 0.15) is 6.54 Å². The van der Waals surface area contributed by atoms with Gasteiger partial charge in [-0.2, -0.15) is 5.26 Å². The number of rotatable bonds is 5. The Morgan fingerprint density at radius 3 is 2.54 bits per heavy atom. The van der Waals surface area contributed by atoms with Gasteiger partial charge in [-0.05, 0) is 30.3 Å². The molecule has 7 heteroatoms. The number of methoxy groups -OCH3 is 1. The molecule has 0 unspecified atom stereocenters. The summed E-state index contributed by atoms with van der Waals surface area (Å²) in [5.74, 6) is -1.47. The molecule has 1 N–H and O–H groups in total. The molecule has 2 aromatic rings. The lowest BCUT2D eigenvalue weighted by molar-refractivity contribution is -0.120. The van der Waals surface area contributed by atoms with E-state index in [2.05, 4.69) is 5.32 Å². The third kappa shape index (κ3) is 4.45. The van der Waals surface area contributed by atoms with Crippen LogP contribution in [0.15, 0.2) is 48.5 Å². The normalized spacial score (nSPS) is 9.73. The van der Waals surface area contributed by atoms with Crippen LogP contribution < -0.4 is 10.2 Å². The van der Waals surface area contributed by atoms with Crippen LogP contribution >= 0.6 is 0 Å². The van der Waals surface area contributed by atoms with Gasteiger partial charge >= 0.3 is 5.97 Å². The van der Waals surface area contributed by atoms with Gasteiger partial charge in [-0.25, -0.2) is 4.79 Å². The second-order valence-corrected chi connectivity index (χ2v) is 5.35. The average Bonchev–Trinajstić information content (AvgIpc) is 2.65. The number of benzene rings is 2. The number of para-hydroxylation sites is 1. The number of carbonyl (C=O) groups excluding carboxylic acids is 3. The Kier molecular flexibility index (Phi) is 6.06. The molecule has 0 fully saturated rings. The summed E-state index contributed by atoms with van der Waals surface area (Å²) in [4.78, 5) is 37.5. The Morgan fingerprint density at radius 2 is 1.88 bits per heavy atom. The molecule has 0 atom stereocenters. The van der Waals surface area contributed by atoms with E-state index in [9.17, 15) is 14.4 Å². The molecule has 0 aliphatic carbocycles. The number of ether oxygens (including phenoxy) is 1. The molecule has 0 heterocycles. The zero-order valence-electron chi connectivity index (χ0n) is 14.4. The van der Waals surface area contributed by atoms with Crippen LogP contribution in [0.25, 0.3) is 0 Å². The van der Waals surface area contributed by atoms with Crippen molar-refractivity contribution < 1.29 is 19.1 Å². The van der Waals surface area contributed by atoms with Crippen LogP contribution in [-0.2, 0) is 14.3 Å². The molecule has 7 nitrogen and oxygen atoms in total. The topological polar surface area (TPSA) is 99.5 Å². The van der Waals surface area contributed by atoms with Crippen molar-refractivity contribution in [3.05, 3.63) is 59.7 Å². The van der Waals surface area contributed by atoms with E-state index in [-0.39, 0.29) is 17.8 Å². The summed E-state index contributed by atoms with van der Waals surface area (Å²) < 4.78 is 4.72. The molecule has 0 aliphatic heterocycles. The smallest absolute Gasteiger partial charge is 0.339 e. The second-order valence-electron chi connectivity index (χ2n) is 5.35. The van der Waals surface area contributed by atoms with Gasteiger partial charge < -0.3 is 15.0 Å². The molecular formula is C19H17N3O4. The first kappa shape index (κ1) is 18.7. The van der Waals surface area contributed by atoms with Gasteiger partial charge in [0, 0.05) is 12.6 Å². The fraction of sp³-hybridized carbons (Fsp3) is 0.158. The number of amides is 2. The van der Waals surface area contributed by atoms with Gasteiger partial charge in [0.25, 0.3) is 0 Å². The summed E-state index contributed by atoms with van der Waals surface area (Å²) in [5, 5.41) is 11.5. The number of hydrogen-bond donors (Lipinski definition) is 1. The van der Waals surface area contributed by atoms with E-state index >= 15 is 0 Å². The van der Waals surface area contributed by atoms with E-state index in [0.717, 1.165) is 0 Å². The standard InChI is InChI=1S/C19H17N3O4/c1-13(23)22(17-9-4-3-8-16(17)19(25)26-2)12-18(24)21-15-7-5-6-14(10-15)11-20/h3-10H,12H2,1-2H3,(H,21,24). The van der Waals surface area contributed by atoms with Gasteiger partial charge in [-0.3, -0.25) is 9.59 Å². The van der Waals surface area contributed by atoms with Crippen LogP contribution in [0.3, 0.4) is 0 Å². The highest BCUT2D eigenvalue weighted by atomic mass is 16.5. The van der Waals surface area contributed by atoms with E-state index < -0.39 is 17.8 Å². The predicted molar refractivity (Wildman–Crippen MR) is 95.6 cm³/mol.